The molecule has 0 aliphatic heterocycles. The van der Waals surface area contributed by atoms with Gasteiger partial charge in [0.1, 0.15) is 23.4 Å². The number of ether oxygens (including phenoxy) is 1. The van der Waals surface area contributed by atoms with Gasteiger partial charge in [0.2, 0.25) is 0 Å². The second-order valence-electron chi connectivity index (χ2n) is 3.68. The topological polar surface area (TPSA) is 43.4 Å². The summed E-state index contributed by atoms with van der Waals surface area (Å²) < 4.78 is 18.5. The van der Waals surface area contributed by atoms with Crippen LogP contribution in [0.3, 0.4) is 0 Å². The van der Waals surface area contributed by atoms with Gasteiger partial charge in [-0.2, -0.15) is 0 Å². The number of aldehydes is 1. The van der Waals surface area contributed by atoms with Crippen molar-refractivity contribution in [3.63, 3.8) is 0 Å². The molecule has 0 aromatic heterocycles. The lowest BCUT2D eigenvalue weighted by atomic mass is 10.2. The molecule has 0 radical (unpaired) electrons. The molecule has 0 saturated carbocycles. The molecule has 2 rings (SSSR count). The molecule has 2 aromatic rings. The molecule has 0 unspecified atom stereocenters. The highest BCUT2D eigenvalue weighted by molar-refractivity contribution is 6.33. The molecule has 0 fully saturated rings. The van der Waals surface area contributed by atoms with Crippen LogP contribution in [0.15, 0.2) is 42.5 Å². The Bertz CT molecular complexity index is 620. The van der Waals surface area contributed by atoms with E-state index in [-0.39, 0.29) is 16.3 Å². The second kappa shape index (κ2) is 5.63. The van der Waals surface area contributed by atoms with Crippen LogP contribution in [0.2, 0.25) is 5.02 Å². The molecule has 0 spiro atoms. The van der Waals surface area contributed by atoms with Crippen LogP contribution in [0.25, 0.3) is 0 Å². The predicted molar refractivity (Wildman–Crippen MR) is 68.2 cm³/mol. The Labute approximate surface area is 113 Å². The maximum Gasteiger partial charge on any atom is 0.348 e. The number of esters is 1. The van der Waals surface area contributed by atoms with Crippen molar-refractivity contribution in [3.8, 4) is 5.75 Å². The van der Waals surface area contributed by atoms with Crippen molar-refractivity contribution in [2.24, 2.45) is 0 Å². The summed E-state index contributed by atoms with van der Waals surface area (Å²) in [4.78, 5) is 22.4. The predicted octanol–water partition coefficient (Wildman–Crippen LogP) is 3.51. The van der Waals surface area contributed by atoms with E-state index in [0.29, 0.717) is 11.8 Å². The van der Waals surface area contributed by atoms with E-state index in [9.17, 15) is 14.0 Å². The van der Waals surface area contributed by atoms with Crippen LogP contribution < -0.4 is 4.74 Å². The first-order valence-corrected chi connectivity index (χ1v) is 5.71. The van der Waals surface area contributed by atoms with Gasteiger partial charge in [-0.1, -0.05) is 29.8 Å². The summed E-state index contributed by atoms with van der Waals surface area (Å²) >= 11 is 5.75. The number of rotatable bonds is 3. The zero-order valence-corrected chi connectivity index (χ0v) is 10.4. The van der Waals surface area contributed by atoms with E-state index in [1.165, 1.54) is 24.3 Å². The first-order chi connectivity index (χ1) is 9.11. The highest BCUT2D eigenvalue weighted by Crippen LogP contribution is 2.21. The molecule has 0 bridgehead atoms. The molecule has 0 amide bonds. The SMILES string of the molecule is O=Cc1cccc(OC(=O)c2c(F)cccc2Cl)c1. The quantitative estimate of drug-likeness (QED) is 0.490. The number of benzene rings is 2. The van der Waals surface area contributed by atoms with Gasteiger partial charge in [-0.3, -0.25) is 4.79 Å². The molecule has 0 N–H and O–H groups in total. The Morgan fingerprint density at radius 1 is 1.21 bits per heavy atom. The van der Waals surface area contributed by atoms with Crippen LogP contribution >= 0.6 is 11.6 Å². The van der Waals surface area contributed by atoms with Gasteiger partial charge in [-0.25, -0.2) is 9.18 Å². The molecule has 19 heavy (non-hydrogen) atoms. The molecular weight excluding hydrogens is 271 g/mol. The van der Waals surface area contributed by atoms with Crippen LogP contribution in [-0.4, -0.2) is 12.3 Å². The standard InChI is InChI=1S/C14H8ClFO3/c15-11-5-2-6-12(16)13(11)14(18)19-10-4-1-3-9(7-10)8-17/h1-8H. The number of carbonyl (C=O) groups excluding carboxylic acids is 2. The molecule has 0 aliphatic carbocycles. The van der Waals surface area contributed by atoms with E-state index in [1.54, 1.807) is 12.1 Å². The Balaban J connectivity index is 2.28. The van der Waals surface area contributed by atoms with Gasteiger partial charge in [0.15, 0.2) is 0 Å². The van der Waals surface area contributed by atoms with Gasteiger partial charge in [0, 0.05) is 5.56 Å². The first kappa shape index (κ1) is 13.2. The Morgan fingerprint density at radius 2 is 1.95 bits per heavy atom. The van der Waals surface area contributed by atoms with Gasteiger partial charge in [0.25, 0.3) is 0 Å². The molecule has 0 aliphatic rings. The van der Waals surface area contributed by atoms with Crippen LogP contribution in [-0.2, 0) is 0 Å². The van der Waals surface area contributed by atoms with E-state index in [0.717, 1.165) is 6.07 Å². The minimum Gasteiger partial charge on any atom is -0.423 e. The summed E-state index contributed by atoms with van der Waals surface area (Å²) in [6.07, 6.45) is 0.618. The number of hydrogen-bond acceptors (Lipinski definition) is 3. The molecular formula is C14H8ClFO3. The molecule has 2 aromatic carbocycles. The average molecular weight is 279 g/mol. The smallest absolute Gasteiger partial charge is 0.348 e. The van der Waals surface area contributed by atoms with Gasteiger partial charge < -0.3 is 4.74 Å². The van der Waals surface area contributed by atoms with E-state index >= 15 is 0 Å². The summed E-state index contributed by atoms with van der Waals surface area (Å²) in [7, 11) is 0. The summed E-state index contributed by atoms with van der Waals surface area (Å²) in [6, 6.07) is 9.86. The third kappa shape index (κ3) is 2.98. The van der Waals surface area contributed by atoms with E-state index in [1.807, 2.05) is 0 Å². The van der Waals surface area contributed by atoms with Crippen molar-refractivity contribution < 1.29 is 18.7 Å². The van der Waals surface area contributed by atoms with Crippen molar-refractivity contribution in [1.82, 2.24) is 0 Å². The number of carbonyl (C=O) groups is 2. The van der Waals surface area contributed by atoms with Crippen molar-refractivity contribution in [3.05, 3.63) is 64.4 Å². The van der Waals surface area contributed by atoms with Crippen LogP contribution in [0, 0.1) is 5.82 Å². The summed E-state index contributed by atoms with van der Waals surface area (Å²) in [6.45, 7) is 0. The summed E-state index contributed by atoms with van der Waals surface area (Å²) in [5.74, 6) is -1.52. The monoisotopic (exact) mass is 278 g/mol. The van der Waals surface area contributed by atoms with Crippen LogP contribution in [0.4, 0.5) is 4.39 Å². The fourth-order valence-corrected chi connectivity index (χ4v) is 1.74. The van der Waals surface area contributed by atoms with Gasteiger partial charge in [0.05, 0.1) is 5.02 Å². The maximum absolute atomic E-state index is 13.5. The minimum absolute atomic E-state index is 0.0310. The fourth-order valence-electron chi connectivity index (χ4n) is 1.50. The first-order valence-electron chi connectivity index (χ1n) is 5.33. The van der Waals surface area contributed by atoms with Gasteiger partial charge >= 0.3 is 5.97 Å². The van der Waals surface area contributed by atoms with Crippen molar-refractivity contribution in [2.45, 2.75) is 0 Å². The maximum atomic E-state index is 13.5. The van der Waals surface area contributed by atoms with Crippen LogP contribution in [0.5, 0.6) is 5.75 Å². The molecule has 5 heteroatoms. The van der Waals surface area contributed by atoms with E-state index < -0.39 is 11.8 Å². The normalized spacial score (nSPS) is 10.0. The fraction of sp³-hybridized carbons (Fsp3) is 0. The van der Waals surface area contributed by atoms with E-state index in [2.05, 4.69) is 0 Å². The zero-order chi connectivity index (χ0) is 13.8. The molecule has 96 valence electrons. The minimum atomic E-state index is -0.911. The summed E-state index contributed by atoms with van der Waals surface area (Å²) in [5.41, 5.74) is 0.0191. The third-order valence-electron chi connectivity index (χ3n) is 2.37. The summed E-state index contributed by atoms with van der Waals surface area (Å²) in [5, 5.41) is -0.0310. The van der Waals surface area contributed by atoms with Gasteiger partial charge in [-0.15, -0.1) is 0 Å². The average Bonchev–Trinajstić information content (AvgIpc) is 2.38. The molecule has 3 nitrogen and oxygen atoms in total. The van der Waals surface area contributed by atoms with Crippen molar-refractivity contribution in [2.75, 3.05) is 0 Å². The van der Waals surface area contributed by atoms with Crippen LogP contribution in [0.1, 0.15) is 20.7 Å². The van der Waals surface area contributed by atoms with Crippen molar-refractivity contribution in [1.29, 1.82) is 0 Å². The lowest BCUT2D eigenvalue weighted by Gasteiger charge is -2.06. The molecule has 0 heterocycles. The number of hydrogen-bond donors (Lipinski definition) is 0. The largest absolute Gasteiger partial charge is 0.423 e. The lowest BCUT2D eigenvalue weighted by Crippen LogP contribution is -2.11. The molecule has 0 saturated heterocycles. The second-order valence-corrected chi connectivity index (χ2v) is 4.08. The van der Waals surface area contributed by atoms with E-state index in [4.69, 9.17) is 16.3 Å². The highest BCUT2D eigenvalue weighted by Gasteiger charge is 2.17. The number of halogens is 2. The molecule has 0 atom stereocenters. The Kier molecular flexibility index (Phi) is 3.92. The third-order valence-corrected chi connectivity index (χ3v) is 2.69. The Hall–Kier alpha value is -2.20. The lowest BCUT2D eigenvalue weighted by molar-refractivity contribution is 0.0729. The van der Waals surface area contributed by atoms with Crippen molar-refractivity contribution >= 4 is 23.9 Å². The highest BCUT2D eigenvalue weighted by atomic mass is 35.5. The Morgan fingerprint density at radius 3 is 2.63 bits per heavy atom. The van der Waals surface area contributed by atoms with Gasteiger partial charge in [-0.05, 0) is 24.3 Å². The zero-order valence-electron chi connectivity index (χ0n) is 9.60.